The second kappa shape index (κ2) is 14.1. The van der Waals surface area contributed by atoms with Gasteiger partial charge in [-0.2, -0.15) is 8.78 Å². The molecule has 1 N–H and O–H groups in total. The summed E-state index contributed by atoms with van der Waals surface area (Å²) in [5.41, 5.74) is 0. The van der Waals surface area contributed by atoms with Crippen LogP contribution >= 0.6 is 0 Å². The van der Waals surface area contributed by atoms with Crippen molar-refractivity contribution in [1.29, 1.82) is 0 Å². The molecule has 1 saturated carbocycles. The van der Waals surface area contributed by atoms with Gasteiger partial charge in [0.25, 0.3) is 0 Å². The molecule has 0 aromatic heterocycles. The smallest absolute Gasteiger partial charge is 0.305 e. The van der Waals surface area contributed by atoms with E-state index in [9.17, 15) is 23.2 Å². The highest BCUT2D eigenvalue weighted by Gasteiger charge is 2.45. The third-order valence-electron chi connectivity index (χ3n) is 6.89. The van der Waals surface area contributed by atoms with E-state index >= 15 is 0 Å². The minimum Gasteiger partial charge on any atom is -0.481 e. The Labute approximate surface area is 195 Å². The van der Waals surface area contributed by atoms with Crippen molar-refractivity contribution in [2.24, 2.45) is 11.8 Å². The molecule has 0 aromatic rings. The fraction of sp³-hybridized carbons (Fsp3) is 0.880. The van der Waals surface area contributed by atoms with Crippen LogP contribution in [0.3, 0.4) is 0 Å². The highest BCUT2D eigenvalue weighted by Crippen LogP contribution is 2.40. The lowest BCUT2D eigenvalue weighted by molar-refractivity contribution is -0.196. The summed E-state index contributed by atoms with van der Waals surface area (Å²) in [7, 11) is 0. The zero-order chi connectivity index (χ0) is 24.3. The van der Waals surface area contributed by atoms with Crippen LogP contribution in [0.15, 0.2) is 0 Å². The molecule has 0 radical (unpaired) electrons. The van der Waals surface area contributed by atoms with Gasteiger partial charge in [0.2, 0.25) is 5.78 Å². The summed E-state index contributed by atoms with van der Waals surface area (Å²) in [6.07, 6.45) is 6.29. The second-order valence-electron chi connectivity index (χ2n) is 9.53. The Hall–Kier alpha value is -1.41. The zero-order valence-corrected chi connectivity index (χ0v) is 19.9. The number of hydrogen-bond acceptors (Lipinski definition) is 5. The molecule has 4 unspecified atom stereocenters. The first-order chi connectivity index (χ1) is 15.7. The SMILES string of the molecule is CCCCC(F)(F)C(=O)CCC1C(OC2CCCCO2)CC(=O)C1CCCCCCC(=O)O. The summed E-state index contributed by atoms with van der Waals surface area (Å²) in [4.78, 5) is 35.7. The maximum absolute atomic E-state index is 14.2. The third kappa shape index (κ3) is 9.39. The lowest BCUT2D eigenvalue weighted by Gasteiger charge is -2.30. The van der Waals surface area contributed by atoms with E-state index in [1.54, 1.807) is 0 Å². The van der Waals surface area contributed by atoms with Crippen molar-refractivity contribution < 1.29 is 37.7 Å². The molecule has 33 heavy (non-hydrogen) atoms. The van der Waals surface area contributed by atoms with E-state index in [2.05, 4.69) is 0 Å². The maximum Gasteiger partial charge on any atom is 0.305 e. The van der Waals surface area contributed by atoms with Gasteiger partial charge in [0, 0.05) is 38.2 Å². The highest BCUT2D eigenvalue weighted by molar-refractivity contribution is 5.86. The fourth-order valence-corrected chi connectivity index (χ4v) is 4.94. The van der Waals surface area contributed by atoms with Gasteiger partial charge in [0.15, 0.2) is 6.29 Å². The van der Waals surface area contributed by atoms with Gasteiger partial charge < -0.3 is 14.6 Å². The van der Waals surface area contributed by atoms with Crippen LogP contribution in [-0.2, 0) is 23.9 Å². The van der Waals surface area contributed by atoms with Crippen molar-refractivity contribution in [3.8, 4) is 0 Å². The minimum atomic E-state index is -3.32. The number of unbranched alkanes of at least 4 members (excludes halogenated alkanes) is 4. The van der Waals surface area contributed by atoms with Gasteiger partial charge in [-0.3, -0.25) is 14.4 Å². The van der Waals surface area contributed by atoms with Crippen LogP contribution in [0, 0.1) is 11.8 Å². The zero-order valence-electron chi connectivity index (χ0n) is 19.9. The lowest BCUT2D eigenvalue weighted by atomic mass is 9.84. The van der Waals surface area contributed by atoms with Crippen molar-refractivity contribution in [3.05, 3.63) is 0 Å². The minimum absolute atomic E-state index is 0.0662. The predicted molar refractivity (Wildman–Crippen MR) is 119 cm³/mol. The molecule has 8 heteroatoms. The first kappa shape index (κ1) is 27.8. The summed E-state index contributed by atoms with van der Waals surface area (Å²) >= 11 is 0. The molecule has 190 valence electrons. The third-order valence-corrected chi connectivity index (χ3v) is 6.89. The molecule has 0 spiro atoms. The normalized spacial score (nSPS) is 26.0. The number of ether oxygens (including phenoxy) is 2. The van der Waals surface area contributed by atoms with Gasteiger partial charge in [-0.1, -0.05) is 32.6 Å². The Morgan fingerprint density at radius 2 is 1.85 bits per heavy atom. The van der Waals surface area contributed by atoms with Crippen molar-refractivity contribution in [3.63, 3.8) is 0 Å². The molecule has 0 aromatic carbocycles. The van der Waals surface area contributed by atoms with E-state index in [1.807, 2.05) is 6.92 Å². The average molecular weight is 475 g/mol. The maximum atomic E-state index is 14.2. The van der Waals surface area contributed by atoms with E-state index in [-0.39, 0.29) is 49.6 Å². The Bertz CT molecular complexity index is 632. The van der Waals surface area contributed by atoms with Gasteiger partial charge in [-0.05, 0) is 50.9 Å². The van der Waals surface area contributed by atoms with Crippen molar-refractivity contribution in [2.75, 3.05) is 6.61 Å². The Balaban J connectivity index is 1.95. The van der Waals surface area contributed by atoms with Gasteiger partial charge in [-0.25, -0.2) is 0 Å². The van der Waals surface area contributed by atoms with Gasteiger partial charge in [0.1, 0.15) is 5.78 Å². The van der Waals surface area contributed by atoms with Gasteiger partial charge in [-0.15, -0.1) is 0 Å². The Morgan fingerprint density at radius 1 is 1.09 bits per heavy atom. The van der Waals surface area contributed by atoms with Crippen LogP contribution in [0.2, 0.25) is 0 Å². The van der Waals surface area contributed by atoms with Crippen LogP contribution in [0.4, 0.5) is 8.78 Å². The number of carboxylic acid groups (broad SMARTS) is 1. The fourth-order valence-electron chi connectivity index (χ4n) is 4.94. The van der Waals surface area contributed by atoms with E-state index in [4.69, 9.17) is 14.6 Å². The first-order valence-electron chi connectivity index (χ1n) is 12.7. The molecular formula is C25H40F2O6. The highest BCUT2D eigenvalue weighted by atomic mass is 19.3. The van der Waals surface area contributed by atoms with Crippen LogP contribution in [0.1, 0.15) is 103 Å². The monoisotopic (exact) mass is 474 g/mol. The molecule has 6 nitrogen and oxygen atoms in total. The van der Waals surface area contributed by atoms with Crippen molar-refractivity contribution in [2.45, 2.75) is 122 Å². The first-order valence-corrected chi connectivity index (χ1v) is 12.7. The number of carbonyl (C=O) groups is 3. The molecule has 1 aliphatic carbocycles. The number of carboxylic acids is 1. The summed E-state index contributed by atoms with van der Waals surface area (Å²) in [5.74, 6) is -5.69. The number of carbonyl (C=O) groups excluding carboxylic acids is 2. The summed E-state index contributed by atoms with van der Waals surface area (Å²) in [5, 5.41) is 8.73. The lowest BCUT2D eigenvalue weighted by Crippen LogP contribution is -2.33. The molecule has 2 rings (SSSR count). The number of Topliss-reactive ketones (excluding diaryl/α,β-unsaturated/α-hetero) is 2. The molecule has 4 atom stereocenters. The topological polar surface area (TPSA) is 89.9 Å². The van der Waals surface area contributed by atoms with Gasteiger partial charge in [0.05, 0.1) is 6.10 Å². The number of alkyl halides is 2. The standard InChI is InChI=1S/C25H40F2O6/c1-2-3-15-25(26,27)22(29)14-13-19-18(10-6-4-5-7-11-23(30)31)20(28)17-21(19)33-24-12-8-9-16-32-24/h18-19,21,24H,2-17H2,1H3,(H,30,31). The molecule has 0 bridgehead atoms. The van der Waals surface area contributed by atoms with Crippen molar-refractivity contribution >= 4 is 17.5 Å². The van der Waals surface area contributed by atoms with Gasteiger partial charge >= 0.3 is 11.9 Å². The Kier molecular flexibility index (Phi) is 11.9. The number of halogens is 2. The second-order valence-corrected chi connectivity index (χ2v) is 9.53. The molecule has 1 heterocycles. The number of rotatable bonds is 16. The summed E-state index contributed by atoms with van der Waals surface area (Å²) in [6.45, 7) is 2.42. The average Bonchev–Trinajstić information content (AvgIpc) is 3.07. The summed E-state index contributed by atoms with van der Waals surface area (Å²) in [6, 6.07) is 0. The van der Waals surface area contributed by atoms with E-state index < -0.39 is 30.2 Å². The van der Waals surface area contributed by atoms with Crippen LogP contribution in [0.5, 0.6) is 0 Å². The van der Waals surface area contributed by atoms with Crippen LogP contribution in [0.25, 0.3) is 0 Å². The molecule has 1 saturated heterocycles. The van der Waals surface area contributed by atoms with E-state index in [0.717, 1.165) is 38.5 Å². The summed E-state index contributed by atoms with van der Waals surface area (Å²) < 4.78 is 40.2. The predicted octanol–water partition coefficient (Wildman–Crippen LogP) is 5.70. The molecule has 1 aliphatic heterocycles. The molecule has 2 fully saturated rings. The molecule has 2 aliphatic rings. The molecular weight excluding hydrogens is 434 g/mol. The number of hydrogen-bond donors (Lipinski definition) is 1. The van der Waals surface area contributed by atoms with Crippen LogP contribution in [-0.4, -0.2) is 47.6 Å². The van der Waals surface area contributed by atoms with Crippen molar-refractivity contribution in [1.82, 2.24) is 0 Å². The van der Waals surface area contributed by atoms with Crippen LogP contribution < -0.4 is 0 Å². The number of aliphatic carboxylic acids is 1. The largest absolute Gasteiger partial charge is 0.481 e. The van der Waals surface area contributed by atoms with E-state index in [0.29, 0.717) is 32.3 Å². The molecule has 0 amide bonds. The quantitative estimate of drug-likeness (QED) is 0.289. The van der Waals surface area contributed by atoms with E-state index in [1.165, 1.54) is 0 Å². The number of ketones is 2. The Morgan fingerprint density at radius 3 is 2.52 bits per heavy atom.